The predicted molar refractivity (Wildman–Crippen MR) is 91.7 cm³/mol. The van der Waals surface area contributed by atoms with Crippen LogP contribution in [0.5, 0.6) is 5.75 Å². The summed E-state index contributed by atoms with van der Waals surface area (Å²) in [7, 11) is 0. The van der Waals surface area contributed by atoms with Gasteiger partial charge in [-0.05, 0) is 30.5 Å². The molecule has 8 heteroatoms. The Morgan fingerprint density at radius 2 is 1.88 bits per heavy atom. The van der Waals surface area contributed by atoms with E-state index in [9.17, 15) is 19.1 Å². The minimum atomic E-state index is -0.807. The third-order valence-corrected chi connectivity index (χ3v) is 3.39. The van der Waals surface area contributed by atoms with Gasteiger partial charge in [0.05, 0.1) is 6.61 Å². The maximum absolute atomic E-state index is 13.5. The summed E-state index contributed by atoms with van der Waals surface area (Å²) < 4.78 is 18.5. The Balaban J connectivity index is 0.00000288. The number of hydrogen-bond donors (Lipinski definition) is 2. The van der Waals surface area contributed by atoms with Gasteiger partial charge in [-0.1, -0.05) is 12.2 Å². The lowest BCUT2D eigenvalue weighted by atomic mass is 10.0. The Kier molecular flexibility index (Phi) is 9.11. The van der Waals surface area contributed by atoms with Crippen molar-refractivity contribution < 1.29 is 34.8 Å². The first-order chi connectivity index (χ1) is 11.0. The van der Waals surface area contributed by atoms with E-state index in [1.54, 1.807) is 18.2 Å². The van der Waals surface area contributed by atoms with Gasteiger partial charge in [-0.15, -0.1) is 0 Å². The lowest BCUT2D eigenvalue weighted by molar-refractivity contribution is -0.117. The second-order valence-electron chi connectivity index (χ2n) is 5.20. The summed E-state index contributed by atoms with van der Waals surface area (Å²) in [4.78, 5) is 23.6. The van der Waals surface area contributed by atoms with Crippen LogP contribution in [0.4, 0.5) is 10.1 Å². The number of nitrogen functional groups attached to an aromatic ring is 1. The monoisotopic (exact) mass is 355 g/mol. The third kappa shape index (κ3) is 6.02. The van der Waals surface area contributed by atoms with Gasteiger partial charge in [0.25, 0.3) is 0 Å². The number of hydrogen-bond acceptors (Lipinski definition) is 5. The van der Waals surface area contributed by atoms with Crippen molar-refractivity contribution in [3.63, 3.8) is 0 Å². The van der Waals surface area contributed by atoms with Gasteiger partial charge in [-0.2, -0.15) is 0 Å². The number of allylic oxidation sites excluding steroid dienone is 2. The second-order valence-corrected chi connectivity index (χ2v) is 5.20. The molecule has 2 rings (SSSR count). The summed E-state index contributed by atoms with van der Waals surface area (Å²) in [5, 5.41) is 9.96. The van der Waals surface area contributed by atoms with Crippen LogP contribution in [0.3, 0.4) is 0 Å². The summed E-state index contributed by atoms with van der Waals surface area (Å²) >= 11 is 0. The molecule has 25 heavy (non-hydrogen) atoms. The van der Waals surface area contributed by atoms with Gasteiger partial charge in [0, 0.05) is 24.6 Å². The van der Waals surface area contributed by atoms with Crippen molar-refractivity contribution in [1.82, 2.24) is 0 Å². The van der Waals surface area contributed by atoms with Gasteiger partial charge in [-0.3, -0.25) is 4.79 Å². The average Bonchev–Trinajstić information content (AvgIpc) is 2.49. The van der Waals surface area contributed by atoms with Crippen molar-refractivity contribution in [2.45, 2.75) is 25.7 Å². The van der Waals surface area contributed by atoms with E-state index in [2.05, 4.69) is 0 Å². The van der Waals surface area contributed by atoms with Gasteiger partial charge < -0.3 is 26.5 Å². The maximum Gasteiger partial charge on any atom is 0.342 e. The van der Waals surface area contributed by atoms with E-state index in [0.717, 1.165) is 6.08 Å². The van der Waals surface area contributed by atoms with Crippen LogP contribution in [0, 0.1) is 0 Å². The Labute approximate surface area is 144 Å². The maximum atomic E-state index is 13.5. The molecule has 0 unspecified atom stereocenters. The SMILES string of the molecule is Nc1cc(O)c2c(c1)/C=C/CCCC(=O)/C(F)=C\CCOC2=O.O.O. The summed E-state index contributed by atoms with van der Waals surface area (Å²) in [6.45, 7) is -0.0908. The first-order valence-electron chi connectivity index (χ1n) is 7.34. The van der Waals surface area contributed by atoms with Crippen molar-refractivity contribution in [3.8, 4) is 5.75 Å². The summed E-state index contributed by atoms with van der Waals surface area (Å²) in [6.07, 6.45) is 5.71. The molecular formula is C17H22FNO6. The van der Waals surface area contributed by atoms with Crippen molar-refractivity contribution in [3.05, 3.63) is 41.2 Å². The number of ketones is 1. The molecule has 0 saturated heterocycles. The van der Waals surface area contributed by atoms with Crippen LogP contribution in [0.15, 0.2) is 30.1 Å². The van der Waals surface area contributed by atoms with Gasteiger partial charge >= 0.3 is 5.97 Å². The van der Waals surface area contributed by atoms with Crippen molar-refractivity contribution in [2.75, 3.05) is 12.3 Å². The van der Waals surface area contributed by atoms with E-state index in [1.165, 1.54) is 6.07 Å². The first-order valence-corrected chi connectivity index (χ1v) is 7.34. The second kappa shape index (κ2) is 10.2. The lowest BCUT2D eigenvalue weighted by Gasteiger charge is -2.10. The molecule has 0 amide bonds. The molecule has 1 aliphatic rings. The van der Waals surface area contributed by atoms with Crippen molar-refractivity contribution >= 4 is 23.5 Å². The molecular weight excluding hydrogens is 333 g/mol. The zero-order valence-electron chi connectivity index (χ0n) is 13.5. The van der Waals surface area contributed by atoms with Gasteiger partial charge in [0.15, 0.2) is 11.6 Å². The van der Waals surface area contributed by atoms with Gasteiger partial charge in [0.2, 0.25) is 0 Å². The van der Waals surface area contributed by atoms with Crippen LogP contribution in [-0.2, 0) is 9.53 Å². The Morgan fingerprint density at radius 3 is 2.60 bits per heavy atom. The number of aromatic hydroxyl groups is 1. The minimum Gasteiger partial charge on any atom is -0.507 e. The van der Waals surface area contributed by atoms with Gasteiger partial charge in [0.1, 0.15) is 11.3 Å². The number of phenols is 1. The minimum absolute atomic E-state index is 0. The van der Waals surface area contributed by atoms with E-state index >= 15 is 0 Å². The lowest BCUT2D eigenvalue weighted by Crippen LogP contribution is -2.09. The molecule has 0 aromatic heterocycles. The number of phenolic OH excluding ortho intramolecular Hbond substituents is 1. The van der Waals surface area contributed by atoms with E-state index in [-0.39, 0.29) is 41.7 Å². The van der Waals surface area contributed by atoms with E-state index < -0.39 is 17.6 Å². The van der Waals surface area contributed by atoms with Crippen LogP contribution in [0.2, 0.25) is 0 Å². The number of nitrogens with two attached hydrogens (primary N) is 1. The Bertz CT molecular complexity index is 684. The Morgan fingerprint density at radius 1 is 1.16 bits per heavy atom. The fourth-order valence-corrected chi connectivity index (χ4v) is 2.26. The third-order valence-electron chi connectivity index (χ3n) is 3.39. The number of ether oxygens (including phenoxy) is 1. The molecule has 7 N–H and O–H groups in total. The normalized spacial score (nSPS) is 19.0. The fourth-order valence-electron chi connectivity index (χ4n) is 2.26. The Hall–Kier alpha value is -2.71. The van der Waals surface area contributed by atoms with Crippen molar-refractivity contribution in [2.24, 2.45) is 0 Å². The smallest absolute Gasteiger partial charge is 0.342 e. The quantitative estimate of drug-likeness (QED) is 0.533. The molecule has 1 aliphatic heterocycles. The largest absolute Gasteiger partial charge is 0.507 e. The summed E-state index contributed by atoms with van der Waals surface area (Å²) in [6, 6.07) is 2.83. The molecule has 7 nitrogen and oxygen atoms in total. The molecule has 1 aromatic rings. The highest BCUT2D eigenvalue weighted by Gasteiger charge is 2.18. The van der Waals surface area contributed by atoms with Crippen LogP contribution < -0.4 is 5.73 Å². The van der Waals surface area contributed by atoms with Crippen molar-refractivity contribution in [1.29, 1.82) is 0 Å². The number of carbonyl (C=O) groups excluding carboxylic acids is 2. The number of Topliss-reactive ketones (excluding diaryl/α,β-unsaturated/α-hetero) is 1. The topological polar surface area (TPSA) is 153 Å². The number of halogens is 1. The molecule has 0 bridgehead atoms. The molecule has 0 saturated carbocycles. The molecule has 0 radical (unpaired) electrons. The molecule has 0 spiro atoms. The number of rotatable bonds is 0. The van der Waals surface area contributed by atoms with Crippen LogP contribution in [-0.4, -0.2) is 34.4 Å². The molecule has 0 aliphatic carbocycles. The zero-order chi connectivity index (χ0) is 16.8. The molecule has 1 heterocycles. The van der Waals surface area contributed by atoms with E-state index in [4.69, 9.17) is 10.5 Å². The van der Waals surface area contributed by atoms with E-state index in [1.807, 2.05) is 0 Å². The number of anilines is 1. The first kappa shape index (κ1) is 22.3. The highest BCUT2D eigenvalue weighted by molar-refractivity contribution is 5.97. The average molecular weight is 355 g/mol. The standard InChI is InChI=1S/C17H18FNO4.2H2O/c18-13-6-4-8-23-17(22)16-11(9-12(19)10-15(16)21)5-2-1-3-7-14(13)20;;/h2,5-6,9-10,21H,1,3-4,7-8,19H2;2*1H2/b5-2+,13-6+;;. The molecule has 1 aromatic carbocycles. The van der Waals surface area contributed by atoms with Crippen LogP contribution >= 0.6 is 0 Å². The van der Waals surface area contributed by atoms with Gasteiger partial charge in [-0.25, -0.2) is 9.18 Å². The fraction of sp³-hybridized carbons (Fsp3) is 0.294. The predicted octanol–water partition coefficient (Wildman–Crippen LogP) is 1.49. The van der Waals surface area contributed by atoms with Crippen LogP contribution in [0.25, 0.3) is 6.08 Å². The molecule has 0 fully saturated rings. The number of cyclic esters (lactones) is 1. The number of fused-ring (bicyclic) bond motifs is 1. The molecule has 0 atom stereocenters. The molecule has 138 valence electrons. The number of carbonyl (C=O) groups is 2. The highest BCUT2D eigenvalue weighted by atomic mass is 19.1. The van der Waals surface area contributed by atoms with E-state index in [0.29, 0.717) is 24.1 Å². The summed E-state index contributed by atoms with van der Waals surface area (Å²) in [5.74, 6) is -2.35. The zero-order valence-corrected chi connectivity index (χ0v) is 13.5. The number of benzene rings is 1. The van der Waals surface area contributed by atoms with Crippen LogP contribution in [0.1, 0.15) is 41.6 Å². The highest BCUT2D eigenvalue weighted by Crippen LogP contribution is 2.27. The summed E-state index contributed by atoms with van der Waals surface area (Å²) in [5.41, 5.74) is 6.47. The number of esters is 1.